The van der Waals surface area contributed by atoms with Gasteiger partial charge in [-0.25, -0.2) is 0 Å². The molecule has 0 amide bonds. The summed E-state index contributed by atoms with van der Waals surface area (Å²) >= 11 is 0. The van der Waals surface area contributed by atoms with Crippen LogP contribution in [0.2, 0.25) is 0 Å². The molecule has 1 unspecified atom stereocenters. The average molecular weight is 243 g/mol. The van der Waals surface area contributed by atoms with Crippen molar-refractivity contribution in [1.29, 1.82) is 5.26 Å². The fourth-order valence-electron chi connectivity index (χ4n) is 2.37. The summed E-state index contributed by atoms with van der Waals surface area (Å²) in [6.07, 6.45) is 2.32. The summed E-state index contributed by atoms with van der Waals surface area (Å²) in [4.78, 5) is 2.44. The number of nitrogens with one attached hydrogen (secondary N) is 1. The average Bonchev–Trinajstić information content (AvgIpc) is 2.46. The van der Waals surface area contributed by atoms with Crippen LogP contribution in [0.4, 0.5) is 5.69 Å². The number of hydrogen-bond donors (Lipinski definition) is 1. The summed E-state index contributed by atoms with van der Waals surface area (Å²) in [5, 5.41) is 12.3. The van der Waals surface area contributed by atoms with Gasteiger partial charge in [0.15, 0.2) is 0 Å². The molecule has 3 heteroatoms. The molecular formula is C15H21N3. The number of nitriles is 1. The molecule has 3 nitrogen and oxygen atoms in total. The highest BCUT2D eigenvalue weighted by Crippen LogP contribution is 2.19. The topological polar surface area (TPSA) is 39.1 Å². The van der Waals surface area contributed by atoms with Crippen LogP contribution in [-0.4, -0.2) is 25.7 Å². The van der Waals surface area contributed by atoms with E-state index in [0.717, 1.165) is 32.5 Å². The number of nitrogens with zero attached hydrogens (tertiary/aromatic N) is 2. The van der Waals surface area contributed by atoms with E-state index in [4.69, 9.17) is 5.26 Å². The first-order valence-electron chi connectivity index (χ1n) is 6.72. The summed E-state index contributed by atoms with van der Waals surface area (Å²) in [7, 11) is 0. The van der Waals surface area contributed by atoms with Crippen molar-refractivity contribution in [2.45, 2.75) is 25.8 Å². The second-order valence-corrected chi connectivity index (χ2v) is 5.04. The number of hydrogen-bond acceptors (Lipinski definition) is 3. The monoisotopic (exact) mass is 243 g/mol. The zero-order valence-electron chi connectivity index (χ0n) is 11.0. The Balaban J connectivity index is 1.77. The van der Waals surface area contributed by atoms with E-state index in [1.807, 2.05) is 6.92 Å². The Morgan fingerprint density at radius 3 is 2.61 bits per heavy atom. The van der Waals surface area contributed by atoms with Crippen molar-refractivity contribution in [3.63, 3.8) is 0 Å². The highest BCUT2D eigenvalue weighted by Gasteiger charge is 2.19. The van der Waals surface area contributed by atoms with Crippen molar-refractivity contribution in [1.82, 2.24) is 5.32 Å². The van der Waals surface area contributed by atoms with Crippen LogP contribution in [0.1, 0.15) is 19.8 Å². The molecule has 1 aromatic carbocycles. The molecule has 1 aliphatic heterocycles. The minimum atomic E-state index is 0.108. The molecule has 1 atom stereocenters. The number of benzene rings is 1. The van der Waals surface area contributed by atoms with Crippen LogP contribution in [-0.2, 0) is 0 Å². The molecule has 1 N–H and O–H groups in total. The van der Waals surface area contributed by atoms with E-state index < -0.39 is 0 Å². The molecule has 1 fully saturated rings. The van der Waals surface area contributed by atoms with Crippen molar-refractivity contribution in [2.75, 3.05) is 24.5 Å². The lowest BCUT2D eigenvalue weighted by molar-refractivity contribution is 0.403. The van der Waals surface area contributed by atoms with E-state index in [0.29, 0.717) is 6.04 Å². The Labute approximate surface area is 109 Å². The van der Waals surface area contributed by atoms with Crippen molar-refractivity contribution in [2.24, 2.45) is 5.92 Å². The lowest BCUT2D eigenvalue weighted by Crippen LogP contribution is -2.43. The van der Waals surface area contributed by atoms with Gasteiger partial charge in [-0.3, -0.25) is 0 Å². The maximum Gasteiger partial charge on any atom is 0.0666 e. The van der Waals surface area contributed by atoms with E-state index in [1.54, 1.807) is 0 Å². The molecule has 0 aromatic heterocycles. The van der Waals surface area contributed by atoms with Gasteiger partial charge in [0.05, 0.1) is 12.0 Å². The number of piperidine rings is 1. The molecule has 18 heavy (non-hydrogen) atoms. The first kappa shape index (κ1) is 12.9. The van der Waals surface area contributed by atoms with Gasteiger partial charge < -0.3 is 10.2 Å². The second-order valence-electron chi connectivity index (χ2n) is 5.04. The molecule has 1 aromatic rings. The minimum absolute atomic E-state index is 0.108. The Kier molecular flexibility index (Phi) is 4.60. The van der Waals surface area contributed by atoms with Crippen molar-refractivity contribution >= 4 is 5.69 Å². The van der Waals surface area contributed by atoms with Crippen LogP contribution in [0, 0.1) is 17.2 Å². The zero-order valence-corrected chi connectivity index (χ0v) is 11.0. The summed E-state index contributed by atoms with van der Waals surface area (Å²) in [5.41, 5.74) is 1.32. The van der Waals surface area contributed by atoms with Crippen LogP contribution in [0.3, 0.4) is 0 Å². The van der Waals surface area contributed by atoms with Gasteiger partial charge in [0.1, 0.15) is 0 Å². The SMILES string of the molecule is CC(C#N)CNC1CCN(c2ccccc2)CC1. The predicted octanol–water partition coefficient (Wildman–Crippen LogP) is 2.40. The van der Waals surface area contributed by atoms with Gasteiger partial charge in [0, 0.05) is 31.4 Å². The highest BCUT2D eigenvalue weighted by atomic mass is 15.1. The van der Waals surface area contributed by atoms with Gasteiger partial charge in [0.25, 0.3) is 0 Å². The van der Waals surface area contributed by atoms with Gasteiger partial charge in [-0.15, -0.1) is 0 Å². The first-order valence-corrected chi connectivity index (χ1v) is 6.72. The fourth-order valence-corrected chi connectivity index (χ4v) is 2.37. The molecule has 0 bridgehead atoms. The molecule has 0 aliphatic carbocycles. The standard InChI is InChI=1S/C15H21N3/c1-13(11-16)12-17-14-7-9-18(10-8-14)15-5-3-2-4-6-15/h2-6,13-14,17H,7-10,12H2,1H3. The summed E-state index contributed by atoms with van der Waals surface area (Å²) in [5.74, 6) is 0.108. The second kappa shape index (κ2) is 6.42. The predicted molar refractivity (Wildman–Crippen MR) is 74.5 cm³/mol. The summed E-state index contributed by atoms with van der Waals surface area (Å²) < 4.78 is 0. The van der Waals surface area contributed by atoms with Crippen molar-refractivity contribution in [3.05, 3.63) is 30.3 Å². The van der Waals surface area contributed by atoms with Crippen molar-refractivity contribution < 1.29 is 0 Å². The molecule has 0 saturated carbocycles. The van der Waals surface area contributed by atoms with E-state index in [-0.39, 0.29) is 5.92 Å². The van der Waals surface area contributed by atoms with E-state index >= 15 is 0 Å². The molecule has 1 aliphatic rings. The molecule has 1 heterocycles. The summed E-state index contributed by atoms with van der Waals surface area (Å²) in [6.45, 7) is 4.98. The van der Waals surface area contributed by atoms with Crippen LogP contribution in [0.5, 0.6) is 0 Å². The molecule has 0 radical (unpaired) electrons. The lowest BCUT2D eigenvalue weighted by Gasteiger charge is -2.34. The Morgan fingerprint density at radius 2 is 2.00 bits per heavy atom. The van der Waals surface area contributed by atoms with Crippen LogP contribution >= 0.6 is 0 Å². The Bertz CT molecular complexity index is 388. The molecule has 96 valence electrons. The number of anilines is 1. The molecule has 1 saturated heterocycles. The number of para-hydroxylation sites is 1. The Morgan fingerprint density at radius 1 is 1.33 bits per heavy atom. The van der Waals surface area contributed by atoms with E-state index in [2.05, 4.69) is 46.6 Å². The van der Waals surface area contributed by atoms with Gasteiger partial charge in [0.2, 0.25) is 0 Å². The van der Waals surface area contributed by atoms with Crippen molar-refractivity contribution in [3.8, 4) is 6.07 Å². The first-order chi connectivity index (χ1) is 8.79. The number of rotatable bonds is 4. The van der Waals surface area contributed by atoms with Crippen LogP contribution < -0.4 is 10.2 Å². The molecule has 2 rings (SSSR count). The maximum atomic E-state index is 8.76. The summed E-state index contributed by atoms with van der Waals surface area (Å²) in [6, 6.07) is 13.4. The van der Waals surface area contributed by atoms with Crippen LogP contribution in [0.15, 0.2) is 30.3 Å². The largest absolute Gasteiger partial charge is 0.371 e. The zero-order chi connectivity index (χ0) is 12.8. The maximum absolute atomic E-state index is 8.76. The molecular weight excluding hydrogens is 222 g/mol. The fraction of sp³-hybridized carbons (Fsp3) is 0.533. The lowest BCUT2D eigenvalue weighted by atomic mass is 10.0. The third kappa shape index (κ3) is 3.48. The third-order valence-electron chi connectivity index (χ3n) is 3.55. The third-order valence-corrected chi connectivity index (χ3v) is 3.55. The van der Waals surface area contributed by atoms with Gasteiger partial charge in [-0.1, -0.05) is 18.2 Å². The quantitative estimate of drug-likeness (QED) is 0.882. The van der Waals surface area contributed by atoms with E-state index in [1.165, 1.54) is 5.69 Å². The van der Waals surface area contributed by atoms with Gasteiger partial charge in [-0.05, 0) is 31.9 Å². The molecule has 0 spiro atoms. The van der Waals surface area contributed by atoms with Gasteiger partial charge in [-0.2, -0.15) is 5.26 Å². The highest BCUT2D eigenvalue weighted by molar-refractivity contribution is 5.46. The normalized spacial score (nSPS) is 18.3. The van der Waals surface area contributed by atoms with Gasteiger partial charge >= 0.3 is 0 Å². The smallest absolute Gasteiger partial charge is 0.0666 e. The Hall–Kier alpha value is -1.53. The van der Waals surface area contributed by atoms with E-state index in [9.17, 15) is 0 Å². The van der Waals surface area contributed by atoms with Crippen LogP contribution in [0.25, 0.3) is 0 Å². The minimum Gasteiger partial charge on any atom is -0.371 e.